The van der Waals surface area contributed by atoms with Crippen molar-refractivity contribution in [3.8, 4) is 5.69 Å². The van der Waals surface area contributed by atoms with Gasteiger partial charge in [0, 0.05) is 12.4 Å². The molecule has 0 aliphatic heterocycles. The van der Waals surface area contributed by atoms with Gasteiger partial charge in [-0.3, -0.25) is 4.72 Å². The van der Waals surface area contributed by atoms with Crippen LogP contribution in [0, 0.1) is 11.6 Å². The zero-order chi connectivity index (χ0) is 19.8. The van der Waals surface area contributed by atoms with Crippen molar-refractivity contribution in [3.63, 3.8) is 0 Å². The Bertz CT molecular complexity index is 1080. The van der Waals surface area contributed by atoms with Crippen molar-refractivity contribution in [2.24, 2.45) is 0 Å². The predicted octanol–water partition coefficient (Wildman–Crippen LogP) is 3.97. The van der Waals surface area contributed by atoms with Crippen LogP contribution >= 0.6 is 0 Å². The summed E-state index contributed by atoms with van der Waals surface area (Å²) in [5, 5.41) is 3.86. The molecule has 1 aromatic heterocycles. The van der Waals surface area contributed by atoms with Gasteiger partial charge in [-0.05, 0) is 42.5 Å². The zero-order valence-electron chi connectivity index (χ0n) is 13.2. The van der Waals surface area contributed by atoms with Crippen molar-refractivity contribution in [2.45, 2.75) is 11.1 Å². The van der Waals surface area contributed by atoms with Gasteiger partial charge in [0.1, 0.15) is 0 Å². The first kappa shape index (κ1) is 18.8. The molecular weight excluding hydrogens is 393 g/mol. The highest BCUT2D eigenvalue weighted by Gasteiger charge is 2.32. The molecule has 142 valence electrons. The van der Waals surface area contributed by atoms with Gasteiger partial charge in [-0.1, -0.05) is 0 Å². The van der Waals surface area contributed by atoms with E-state index in [-0.39, 0.29) is 5.69 Å². The lowest BCUT2D eigenvalue weighted by atomic mass is 10.1. The van der Waals surface area contributed by atoms with Crippen LogP contribution in [-0.4, -0.2) is 18.2 Å². The number of rotatable bonds is 4. The first-order valence-corrected chi connectivity index (χ1v) is 8.75. The van der Waals surface area contributed by atoms with Gasteiger partial charge in [0.25, 0.3) is 10.0 Å². The summed E-state index contributed by atoms with van der Waals surface area (Å²) in [5.74, 6) is -2.67. The predicted molar refractivity (Wildman–Crippen MR) is 85.7 cm³/mol. The second kappa shape index (κ2) is 6.65. The van der Waals surface area contributed by atoms with E-state index >= 15 is 0 Å². The fourth-order valence-corrected chi connectivity index (χ4v) is 3.33. The summed E-state index contributed by atoms with van der Waals surface area (Å²) in [7, 11) is -4.49. The SMILES string of the molecule is O=S(=O)(Nc1cc(C(F)(F)F)ccc1-n1cccn1)c1ccc(F)c(F)c1. The normalized spacial score (nSPS) is 12.2. The molecule has 0 radical (unpaired) electrons. The molecule has 0 unspecified atom stereocenters. The fourth-order valence-electron chi connectivity index (χ4n) is 2.25. The van der Waals surface area contributed by atoms with Crippen molar-refractivity contribution in [1.29, 1.82) is 0 Å². The van der Waals surface area contributed by atoms with Crippen LogP contribution in [0.5, 0.6) is 0 Å². The molecule has 0 aliphatic carbocycles. The van der Waals surface area contributed by atoms with Crippen LogP contribution < -0.4 is 4.72 Å². The maximum Gasteiger partial charge on any atom is 0.416 e. The molecule has 27 heavy (non-hydrogen) atoms. The van der Waals surface area contributed by atoms with Crippen LogP contribution in [0.25, 0.3) is 5.69 Å². The van der Waals surface area contributed by atoms with Crippen molar-refractivity contribution < 1.29 is 30.4 Å². The Morgan fingerprint density at radius 1 is 1.00 bits per heavy atom. The van der Waals surface area contributed by atoms with E-state index < -0.39 is 44.0 Å². The molecule has 0 saturated heterocycles. The van der Waals surface area contributed by atoms with Gasteiger partial charge >= 0.3 is 6.18 Å². The van der Waals surface area contributed by atoms with Gasteiger partial charge in [-0.2, -0.15) is 18.3 Å². The molecule has 5 nitrogen and oxygen atoms in total. The highest BCUT2D eigenvalue weighted by atomic mass is 32.2. The number of nitrogens with zero attached hydrogens (tertiary/aromatic N) is 2. The van der Waals surface area contributed by atoms with Gasteiger partial charge in [0.05, 0.1) is 21.8 Å². The molecule has 0 fully saturated rings. The van der Waals surface area contributed by atoms with Crippen LogP contribution in [0.3, 0.4) is 0 Å². The van der Waals surface area contributed by atoms with Crippen LogP contribution in [0.15, 0.2) is 59.8 Å². The van der Waals surface area contributed by atoms with Crippen LogP contribution in [0.4, 0.5) is 27.6 Å². The Balaban J connectivity index is 2.09. The molecule has 3 rings (SSSR count). The molecule has 2 aromatic carbocycles. The van der Waals surface area contributed by atoms with E-state index in [1.54, 1.807) is 0 Å². The third kappa shape index (κ3) is 3.92. The largest absolute Gasteiger partial charge is 0.416 e. The summed E-state index contributed by atoms with van der Waals surface area (Å²) in [6.07, 6.45) is -1.96. The standard InChI is InChI=1S/C16H10F5N3O2S/c17-12-4-3-11(9-13(12)18)27(25,26)23-14-8-10(16(19,20)21)2-5-15(14)24-7-1-6-22-24/h1-9,23H. The molecule has 1 heterocycles. The maximum atomic E-state index is 13.3. The number of nitrogens with one attached hydrogen (secondary N) is 1. The first-order chi connectivity index (χ1) is 12.6. The van der Waals surface area contributed by atoms with Crippen LogP contribution in [-0.2, 0) is 16.2 Å². The summed E-state index contributed by atoms with van der Waals surface area (Å²) < 4.78 is 93.4. The summed E-state index contributed by atoms with van der Waals surface area (Å²) in [5.41, 5.74) is -1.51. The number of hydrogen-bond donors (Lipinski definition) is 1. The molecule has 1 N–H and O–H groups in total. The quantitative estimate of drug-likeness (QED) is 0.671. The minimum Gasteiger partial charge on any atom is -0.277 e. The lowest BCUT2D eigenvalue weighted by Crippen LogP contribution is -2.16. The number of anilines is 1. The van der Waals surface area contributed by atoms with E-state index in [0.29, 0.717) is 18.2 Å². The zero-order valence-corrected chi connectivity index (χ0v) is 14.0. The Labute approximate surface area is 150 Å². The summed E-state index contributed by atoms with van der Waals surface area (Å²) in [6, 6.07) is 5.72. The van der Waals surface area contributed by atoms with Crippen LogP contribution in [0.1, 0.15) is 5.56 Å². The summed E-state index contributed by atoms with van der Waals surface area (Å²) in [4.78, 5) is -0.648. The van der Waals surface area contributed by atoms with E-state index in [2.05, 4.69) is 5.10 Å². The van der Waals surface area contributed by atoms with E-state index in [9.17, 15) is 30.4 Å². The van der Waals surface area contributed by atoms with Crippen molar-refractivity contribution >= 4 is 15.7 Å². The lowest BCUT2D eigenvalue weighted by molar-refractivity contribution is -0.137. The number of aromatic nitrogens is 2. The van der Waals surface area contributed by atoms with E-state index in [4.69, 9.17) is 0 Å². The highest BCUT2D eigenvalue weighted by Crippen LogP contribution is 2.34. The third-order valence-electron chi connectivity index (χ3n) is 3.52. The van der Waals surface area contributed by atoms with E-state index in [0.717, 1.165) is 22.9 Å². The van der Waals surface area contributed by atoms with Gasteiger partial charge in [0.15, 0.2) is 11.6 Å². The monoisotopic (exact) mass is 403 g/mol. The van der Waals surface area contributed by atoms with Crippen molar-refractivity contribution in [2.75, 3.05) is 4.72 Å². The number of alkyl halides is 3. The number of benzene rings is 2. The average Bonchev–Trinajstić information content (AvgIpc) is 3.10. The first-order valence-electron chi connectivity index (χ1n) is 7.27. The molecule has 0 spiro atoms. The summed E-state index contributed by atoms with van der Waals surface area (Å²) >= 11 is 0. The number of hydrogen-bond acceptors (Lipinski definition) is 3. The average molecular weight is 403 g/mol. The molecule has 0 bridgehead atoms. The van der Waals surface area contributed by atoms with Gasteiger partial charge < -0.3 is 0 Å². The molecule has 0 atom stereocenters. The fraction of sp³-hybridized carbons (Fsp3) is 0.0625. The number of sulfonamides is 1. The van der Waals surface area contributed by atoms with Gasteiger partial charge in [-0.15, -0.1) is 0 Å². The molecule has 0 aliphatic rings. The highest BCUT2D eigenvalue weighted by molar-refractivity contribution is 7.92. The Morgan fingerprint density at radius 2 is 1.74 bits per heavy atom. The summed E-state index contributed by atoms with van der Waals surface area (Å²) in [6.45, 7) is 0. The second-order valence-corrected chi connectivity index (χ2v) is 7.04. The van der Waals surface area contributed by atoms with E-state index in [1.165, 1.54) is 18.5 Å². The topological polar surface area (TPSA) is 64.0 Å². The Morgan fingerprint density at radius 3 is 2.33 bits per heavy atom. The van der Waals surface area contributed by atoms with Crippen molar-refractivity contribution in [1.82, 2.24) is 9.78 Å². The molecule has 11 heteroatoms. The van der Waals surface area contributed by atoms with E-state index in [1.807, 2.05) is 4.72 Å². The minimum absolute atomic E-state index is 0.0131. The Hall–Kier alpha value is -2.95. The van der Waals surface area contributed by atoms with Gasteiger partial charge in [0.2, 0.25) is 0 Å². The minimum atomic E-state index is -4.72. The Kier molecular flexibility index (Phi) is 4.64. The third-order valence-corrected chi connectivity index (χ3v) is 4.88. The van der Waals surface area contributed by atoms with Crippen molar-refractivity contribution in [3.05, 3.63) is 72.1 Å². The molecule has 3 aromatic rings. The van der Waals surface area contributed by atoms with Crippen LogP contribution in [0.2, 0.25) is 0 Å². The smallest absolute Gasteiger partial charge is 0.277 e. The molecule has 0 saturated carbocycles. The lowest BCUT2D eigenvalue weighted by Gasteiger charge is -2.15. The molecule has 0 amide bonds. The number of halogens is 5. The second-order valence-electron chi connectivity index (χ2n) is 5.36. The molecular formula is C16H10F5N3O2S. The maximum absolute atomic E-state index is 13.3. The van der Waals surface area contributed by atoms with Gasteiger partial charge in [-0.25, -0.2) is 21.9 Å².